The van der Waals surface area contributed by atoms with Crippen molar-refractivity contribution in [2.75, 3.05) is 6.54 Å². The van der Waals surface area contributed by atoms with Gasteiger partial charge in [-0.05, 0) is 30.5 Å². The Kier molecular flexibility index (Phi) is 5.29. The zero-order valence-electron chi connectivity index (χ0n) is 14.7. The van der Waals surface area contributed by atoms with Gasteiger partial charge in [-0.15, -0.1) is 0 Å². The Bertz CT molecular complexity index is 822. The van der Waals surface area contributed by atoms with Crippen LogP contribution in [0.1, 0.15) is 35.5 Å². The Morgan fingerprint density at radius 2 is 1.72 bits per heavy atom. The molecule has 0 aliphatic rings. The number of aromatic nitrogens is 2. The predicted molar refractivity (Wildman–Crippen MR) is 100 cm³/mol. The molecule has 4 nitrogen and oxygen atoms in total. The smallest absolute Gasteiger partial charge is 0.272 e. The van der Waals surface area contributed by atoms with Crippen LogP contribution >= 0.6 is 0 Å². The molecule has 0 spiro atoms. The zero-order chi connectivity index (χ0) is 17.6. The second-order valence-electron chi connectivity index (χ2n) is 6.02. The number of carbonyl (C=O) groups is 1. The molecule has 0 saturated heterocycles. The molecule has 128 valence electrons. The maximum Gasteiger partial charge on any atom is 0.272 e. The summed E-state index contributed by atoms with van der Waals surface area (Å²) in [6, 6.07) is 20.1. The number of aromatic amines is 1. The standard InChI is InChI=1S/C21H23N3O/c1-3-16-10-12-18(13-11-16)19-14-20(23-22-19)21(25)24(4-2)15-17-8-6-5-7-9-17/h5-14H,3-4,15H2,1-2H3,(H,22,23). The third-order valence-corrected chi connectivity index (χ3v) is 4.35. The normalized spacial score (nSPS) is 10.6. The second-order valence-corrected chi connectivity index (χ2v) is 6.02. The van der Waals surface area contributed by atoms with Crippen molar-refractivity contribution in [3.8, 4) is 11.3 Å². The number of carbonyl (C=O) groups excluding carboxylic acids is 1. The van der Waals surface area contributed by atoms with E-state index in [-0.39, 0.29) is 5.91 Å². The zero-order valence-corrected chi connectivity index (χ0v) is 14.7. The first kappa shape index (κ1) is 17.0. The van der Waals surface area contributed by atoms with Crippen LogP contribution in [0.5, 0.6) is 0 Å². The van der Waals surface area contributed by atoms with E-state index in [2.05, 4.69) is 29.3 Å². The van der Waals surface area contributed by atoms with Crippen molar-refractivity contribution in [3.63, 3.8) is 0 Å². The molecule has 1 N–H and O–H groups in total. The Balaban J connectivity index is 1.76. The molecule has 4 heteroatoms. The minimum absolute atomic E-state index is 0.0321. The number of rotatable bonds is 6. The fourth-order valence-electron chi connectivity index (χ4n) is 2.79. The summed E-state index contributed by atoms with van der Waals surface area (Å²) < 4.78 is 0. The van der Waals surface area contributed by atoms with Gasteiger partial charge in [0.1, 0.15) is 5.69 Å². The first-order valence-electron chi connectivity index (χ1n) is 8.69. The minimum Gasteiger partial charge on any atom is -0.333 e. The summed E-state index contributed by atoms with van der Waals surface area (Å²) in [6.07, 6.45) is 1.01. The van der Waals surface area contributed by atoms with E-state index in [1.807, 2.05) is 60.4 Å². The molecule has 1 heterocycles. The lowest BCUT2D eigenvalue weighted by atomic mass is 10.1. The van der Waals surface area contributed by atoms with E-state index in [1.165, 1.54) is 5.56 Å². The van der Waals surface area contributed by atoms with Gasteiger partial charge in [-0.25, -0.2) is 0 Å². The molecule has 0 aliphatic heterocycles. The van der Waals surface area contributed by atoms with Crippen LogP contribution in [0.3, 0.4) is 0 Å². The SMILES string of the molecule is CCc1ccc(-c2cc(C(=O)N(CC)Cc3ccccc3)[nH]n2)cc1. The molecule has 2 aromatic carbocycles. The van der Waals surface area contributed by atoms with Crippen molar-refractivity contribution in [1.29, 1.82) is 0 Å². The van der Waals surface area contributed by atoms with Gasteiger partial charge in [-0.3, -0.25) is 9.89 Å². The highest BCUT2D eigenvalue weighted by Gasteiger charge is 2.17. The first-order chi connectivity index (χ1) is 12.2. The van der Waals surface area contributed by atoms with Crippen molar-refractivity contribution in [2.24, 2.45) is 0 Å². The van der Waals surface area contributed by atoms with Crippen LogP contribution in [0.4, 0.5) is 0 Å². The van der Waals surface area contributed by atoms with E-state index in [4.69, 9.17) is 0 Å². The molecule has 0 saturated carbocycles. The van der Waals surface area contributed by atoms with E-state index in [1.54, 1.807) is 0 Å². The molecule has 3 rings (SSSR count). The average molecular weight is 333 g/mol. The number of H-pyrrole nitrogens is 1. The van der Waals surface area contributed by atoms with Crippen LogP contribution in [0.25, 0.3) is 11.3 Å². The molecule has 1 amide bonds. The molecule has 0 bridgehead atoms. The van der Waals surface area contributed by atoms with Crippen LogP contribution in [0.15, 0.2) is 60.7 Å². The van der Waals surface area contributed by atoms with Gasteiger partial charge in [0, 0.05) is 18.7 Å². The fourth-order valence-corrected chi connectivity index (χ4v) is 2.79. The Labute approximate surface area is 148 Å². The summed E-state index contributed by atoms with van der Waals surface area (Å²) in [5.41, 5.74) is 4.73. The topological polar surface area (TPSA) is 49.0 Å². The highest BCUT2D eigenvalue weighted by atomic mass is 16.2. The fraction of sp³-hybridized carbons (Fsp3) is 0.238. The van der Waals surface area contributed by atoms with Gasteiger partial charge in [0.25, 0.3) is 5.91 Å². The molecular weight excluding hydrogens is 310 g/mol. The van der Waals surface area contributed by atoms with Crippen LogP contribution < -0.4 is 0 Å². The molecule has 0 radical (unpaired) electrons. The van der Waals surface area contributed by atoms with Gasteiger partial charge >= 0.3 is 0 Å². The summed E-state index contributed by atoms with van der Waals surface area (Å²) in [7, 11) is 0. The maximum absolute atomic E-state index is 12.8. The Morgan fingerprint density at radius 3 is 2.36 bits per heavy atom. The third-order valence-electron chi connectivity index (χ3n) is 4.35. The Hall–Kier alpha value is -2.88. The van der Waals surface area contributed by atoms with E-state index in [0.717, 1.165) is 23.2 Å². The average Bonchev–Trinajstić information content (AvgIpc) is 3.16. The van der Waals surface area contributed by atoms with Crippen LogP contribution in [-0.2, 0) is 13.0 Å². The van der Waals surface area contributed by atoms with Crippen molar-refractivity contribution >= 4 is 5.91 Å². The van der Waals surface area contributed by atoms with Gasteiger partial charge in [0.2, 0.25) is 0 Å². The molecule has 0 unspecified atom stereocenters. The van der Waals surface area contributed by atoms with Crippen molar-refractivity contribution in [3.05, 3.63) is 77.5 Å². The summed E-state index contributed by atoms with van der Waals surface area (Å²) in [5, 5.41) is 7.21. The molecule has 25 heavy (non-hydrogen) atoms. The lowest BCUT2D eigenvalue weighted by Gasteiger charge is -2.20. The summed E-state index contributed by atoms with van der Waals surface area (Å²) in [5.74, 6) is -0.0321. The summed E-state index contributed by atoms with van der Waals surface area (Å²) >= 11 is 0. The predicted octanol–water partition coefficient (Wildman–Crippen LogP) is 4.30. The van der Waals surface area contributed by atoms with Gasteiger partial charge in [-0.2, -0.15) is 5.10 Å². The molecule has 3 aromatic rings. The van der Waals surface area contributed by atoms with Crippen molar-refractivity contribution in [1.82, 2.24) is 15.1 Å². The second kappa shape index (κ2) is 7.79. The summed E-state index contributed by atoms with van der Waals surface area (Å²) in [6.45, 7) is 5.36. The number of benzene rings is 2. The largest absolute Gasteiger partial charge is 0.333 e. The van der Waals surface area contributed by atoms with Gasteiger partial charge < -0.3 is 4.90 Å². The van der Waals surface area contributed by atoms with E-state index < -0.39 is 0 Å². The number of hydrogen-bond acceptors (Lipinski definition) is 2. The highest BCUT2D eigenvalue weighted by molar-refractivity contribution is 5.93. The maximum atomic E-state index is 12.8. The number of amides is 1. The van der Waals surface area contributed by atoms with Gasteiger partial charge in [-0.1, -0.05) is 61.5 Å². The van der Waals surface area contributed by atoms with Crippen molar-refractivity contribution in [2.45, 2.75) is 26.8 Å². The molecular formula is C21H23N3O. The van der Waals surface area contributed by atoms with E-state index in [9.17, 15) is 4.79 Å². The summed E-state index contributed by atoms with van der Waals surface area (Å²) in [4.78, 5) is 14.6. The van der Waals surface area contributed by atoms with E-state index in [0.29, 0.717) is 18.8 Å². The molecule has 0 aliphatic carbocycles. The van der Waals surface area contributed by atoms with Crippen LogP contribution in [0.2, 0.25) is 0 Å². The number of nitrogens with one attached hydrogen (secondary N) is 1. The number of aryl methyl sites for hydroxylation is 1. The minimum atomic E-state index is -0.0321. The number of hydrogen-bond donors (Lipinski definition) is 1. The van der Waals surface area contributed by atoms with Crippen LogP contribution in [0, 0.1) is 0 Å². The van der Waals surface area contributed by atoms with Crippen molar-refractivity contribution < 1.29 is 4.79 Å². The third kappa shape index (κ3) is 3.97. The molecule has 1 aromatic heterocycles. The lowest BCUT2D eigenvalue weighted by molar-refractivity contribution is 0.0746. The van der Waals surface area contributed by atoms with Gasteiger partial charge in [0.05, 0.1) is 5.69 Å². The first-order valence-corrected chi connectivity index (χ1v) is 8.69. The molecule has 0 fully saturated rings. The monoisotopic (exact) mass is 333 g/mol. The quantitative estimate of drug-likeness (QED) is 0.731. The van der Waals surface area contributed by atoms with E-state index >= 15 is 0 Å². The van der Waals surface area contributed by atoms with Gasteiger partial charge in [0.15, 0.2) is 0 Å². The van der Waals surface area contributed by atoms with Crippen LogP contribution in [-0.4, -0.2) is 27.5 Å². The lowest BCUT2D eigenvalue weighted by Crippen LogP contribution is -2.30. The highest BCUT2D eigenvalue weighted by Crippen LogP contribution is 2.19. The number of nitrogens with zero attached hydrogens (tertiary/aromatic N) is 2. The Morgan fingerprint density at radius 1 is 1.00 bits per heavy atom. The molecule has 0 atom stereocenters.